The first-order valence-electron chi connectivity index (χ1n) is 10.3. The van der Waals surface area contributed by atoms with Crippen molar-refractivity contribution in [2.75, 3.05) is 32.4 Å². The average Bonchev–Trinajstić information content (AvgIpc) is 2.79. The molecule has 4 N–H and O–H groups in total. The third kappa shape index (κ3) is 5.01. The van der Waals surface area contributed by atoms with Gasteiger partial charge < -0.3 is 25.1 Å². The molecule has 0 bridgehead atoms. The summed E-state index contributed by atoms with van der Waals surface area (Å²) in [4.78, 5) is 32.5. The van der Waals surface area contributed by atoms with Crippen LogP contribution < -0.4 is 25.3 Å². The molecule has 2 aromatic rings. The Kier molecular flexibility index (Phi) is 7.34. The molecule has 1 aliphatic carbocycles. The fourth-order valence-corrected chi connectivity index (χ4v) is 4.02. The lowest BCUT2D eigenvalue weighted by molar-refractivity contribution is -0.147. The van der Waals surface area contributed by atoms with E-state index in [-0.39, 0.29) is 11.8 Å². The molecule has 32 heavy (non-hydrogen) atoms. The SMILES string of the molecule is COc1cc(Cc2cnc(NC(=O)C3CCCCC3C(=O)O)nc2N)cc(OC)c1OC. The van der Waals surface area contributed by atoms with E-state index in [1.165, 1.54) is 27.5 Å². The molecule has 1 heterocycles. The van der Waals surface area contributed by atoms with Crippen molar-refractivity contribution in [2.24, 2.45) is 11.8 Å². The molecule has 1 saturated carbocycles. The maximum absolute atomic E-state index is 12.6. The van der Waals surface area contributed by atoms with Crippen LogP contribution in [0.5, 0.6) is 17.2 Å². The second kappa shape index (κ2) is 10.2. The predicted molar refractivity (Wildman–Crippen MR) is 117 cm³/mol. The molecule has 10 nitrogen and oxygen atoms in total. The van der Waals surface area contributed by atoms with Crippen molar-refractivity contribution in [1.82, 2.24) is 9.97 Å². The molecule has 0 spiro atoms. The van der Waals surface area contributed by atoms with Gasteiger partial charge in [0.15, 0.2) is 11.5 Å². The number of hydrogen-bond acceptors (Lipinski definition) is 8. The van der Waals surface area contributed by atoms with E-state index in [1.54, 1.807) is 0 Å². The number of nitrogens with zero attached hydrogens (tertiary/aromatic N) is 2. The number of carboxylic acids is 1. The first kappa shape index (κ1) is 23.1. The van der Waals surface area contributed by atoms with Crippen molar-refractivity contribution in [1.29, 1.82) is 0 Å². The van der Waals surface area contributed by atoms with E-state index < -0.39 is 23.7 Å². The number of rotatable bonds is 8. The van der Waals surface area contributed by atoms with E-state index in [1.807, 2.05) is 12.1 Å². The number of hydrogen-bond donors (Lipinski definition) is 3. The highest BCUT2D eigenvalue weighted by Gasteiger charge is 2.36. The number of nitrogen functional groups attached to an aromatic ring is 1. The lowest BCUT2D eigenvalue weighted by Crippen LogP contribution is -2.36. The summed E-state index contributed by atoms with van der Waals surface area (Å²) in [6, 6.07) is 3.62. The van der Waals surface area contributed by atoms with Crippen LogP contribution in [0.1, 0.15) is 36.8 Å². The number of carbonyl (C=O) groups excluding carboxylic acids is 1. The molecule has 10 heteroatoms. The second-order valence-electron chi connectivity index (χ2n) is 7.64. The molecule has 1 aromatic carbocycles. The van der Waals surface area contributed by atoms with Gasteiger partial charge in [-0.05, 0) is 30.5 Å². The maximum Gasteiger partial charge on any atom is 0.307 e. The Morgan fingerprint density at radius 1 is 1.09 bits per heavy atom. The third-order valence-corrected chi connectivity index (χ3v) is 5.67. The Morgan fingerprint density at radius 3 is 2.25 bits per heavy atom. The van der Waals surface area contributed by atoms with Crippen LogP contribution in [0.2, 0.25) is 0 Å². The number of carboxylic acid groups (broad SMARTS) is 1. The minimum Gasteiger partial charge on any atom is -0.493 e. The summed E-state index contributed by atoms with van der Waals surface area (Å²) >= 11 is 0. The molecule has 1 amide bonds. The molecule has 0 saturated heterocycles. The van der Waals surface area contributed by atoms with Crippen molar-refractivity contribution in [3.8, 4) is 17.2 Å². The molecular formula is C22H28N4O6. The predicted octanol–water partition coefficient (Wildman–Crippen LogP) is 2.50. The van der Waals surface area contributed by atoms with Gasteiger partial charge in [0.05, 0.1) is 33.2 Å². The normalized spacial score (nSPS) is 18.0. The second-order valence-corrected chi connectivity index (χ2v) is 7.64. The van der Waals surface area contributed by atoms with Crippen LogP contribution in [0.15, 0.2) is 18.3 Å². The van der Waals surface area contributed by atoms with Gasteiger partial charge in [0.25, 0.3) is 0 Å². The molecule has 3 rings (SSSR count). The zero-order chi connectivity index (χ0) is 23.3. The number of anilines is 2. The standard InChI is InChI=1S/C22H28N4O6/c1-30-16-9-12(10-17(31-2)18(16)32-3)8-13-11-24-22(25-19(13)23)26-20(27)14-6-4-5-7-15(14)21(28)29/h9-11,14-15H,4-8H2,1-3H3,(H,28,29)(H3,23,24,25,26,27). The van der Waals surface area contributed by atoms with Gasteiger partial charge in [-0.15, -0.1) is 0 Å². The summed E-state index contributed by atoms with van der Waals surface area (Å²) < 4.78 is 16.1. The fraction of sp³-hybridized carbons (Fsp3) is 0.455. The number of aromatic nitrogens is 2. The Hall–Kier alpha value is -3.56. The number of methoxy groups -OCH3 is 3. The number of benzene rings is 1. The fourth-order valence-electron chi connectivity index (χ4n) is 4.02. The van der Waals surface area contributed by atoms with Gasteiger partial charge in [0.2, 0.25) is 17.6 Å². The number of aliphatic carboxylic acids is 1. The Bertz CT molecular complexity index is 971. The van der Waals surface area contributed by atoms with Crippen LogP contribution in [0.4, 0.5) is 11.8 Å². The lowest BCUT2D eigenvalue weighted by atomic mass is 9.79. The van der Waals surface area contributed by atoms with Gasteiger partial charge in [-0.25, -0.2) is 4.98 Å². The van der Waals surface area contributed by atoms with Crippen molar-refractivity contribution < 1.29 is 28.9 Å². The molecule has 0 radical (unpaired) electrons. The molecule has 1 fully saturated rings. The van der Waals surface area contributed by atoms with E-state index >= 15 is 0 Å². The Morgan fingerprint density at radius 2 is 1.72 bits per heavy atom. The highest BCUT2D eigenvalue weighted by Crippen LogP contribution is 2.39. The molecule has 2 atom stereocenters. The van der Waals surface area contributed by atoms with Crippen molar-refractivity contribution in [3.05, 3.63) is 29.5 Å². The van der Waals surface area contributed by atoms with Crippen LogP contribution >= 0.6 is 0 Å². The van der Waals surface area contributed by atoms with Gasteiger partial charge in [-0.2, -0.15) is 4.98 Å². The molecule has 172 valence electrons. The van der Waals surface area contributed by atoms with Gasteiger partial charge >= 0.3 is 5.97 Å². The van der Waals surface area contributed by atoms with Gasteiger partial charge in [-0.3, -0.25) is 14.9 Å². The first-order valence-corrected chi connectivity index (χ1v) is 10.3. The summed E-state index contributed by atoms with van der Waals surface area (Å²) in [5.74, 6) is -0.858. The van der Waals surface area contributed by atoms with Crippen molar-refractivity contribution in [2.45, 2.75) is 32.1 Å². The monoisotopic (exact) mass is 444 g/mol. The third-order valence-electron chi connectivity index (χ3n) is 5.67. The van der Waals surface area contributed by atoms with E-state index in [9.17, 15) is 14.7 Å². The van der Waals surface area contributed by atoms with Crippen LogP contribution in [0.25, 0.3) is 0 Å². The topological polar surface area (TPSA) is 146 Å². The average molecular weight is 444 g/mol. The summed E-state index contributed by atoms with van der Waals surface area (Å²) in [5.41, 5.74) is 7.61. The Labute approximate surface area is 186 Å². The molecule has 0 aliphatic heterocycles. The zero-order valence-corrected chi connectivity index (χ0v) is 18.4. The molecule has 1 aliphatic rings. The summed E-state index contributed by atoms with van der Waals surface area (Å²) in [7, 11) is 4.61. The summed E-state index contributed by atoms with van der Waals surface area (Å²) in [5, 5.41) is 12.0. The van der Waals surface area contributed by atoms with E-state index in [0.717, 1.165) is 18.4 Å². The van der Waals surface area contributed by atoms with Gasteiger partial charge in [-0.1, -0.05) is 12.8 Å². The number of nitrogens with two attached hydrogens (primary N) is 1. The van der Waals surface area contributed by atoms with Crippen molar-refractivity contribution in [3.63, 3.8) is 0 Å². The molecular weight excluding hydrogens is 416 g/mol. The van der Waals surface area contributed by atoms with Crippen molar-refractivity contribution >= 4 is 23.6 Å². The number of nitrogens with one attached hydrogen (secondary N) is 1. The summed E-state index contributed by atoms with van der Waals surface area (Å²) in [6.45, 7) is 0. The van der Waals surface area contributed by atoms with Gasteiger partial charge in [0, 0.05) is 18.2 Å². The quantitative estimate of drug-likeness (QED) is 0.559. The van der Waals surface area contributed by atoms with Crippen LogP contribution in [-0.2, 0) is 16.0 Å². The first-order chi connectivity index (χ1) is 15.4. The summed E-state index contributed by atoms with van der Waals surface area (Å²) in [6.07, 6.45) is 4.58. The Balaban J connectivity index is 1.76. The van der Waals surface area contributed by atoms with Crippen LogP contribution in [0.3, 0.4) is 0 Å². The molecule has 1 aromatic heterocycles. The number of amides is 1. The number of carbonyl (C=O) groups is 2. The number of ether oxygens (including phenoxy) is 3. The van der Waals surface area contributed by atoms with Crippen LogP contribution in [-0.4, -0.2) is 48.3 Å². The molecule has 2 unspecified atom stereocenters. The largest absolute Gasteiger partial charge is 0.493 e. The minimum atomic E-state index is -0.953. The van der Waals surface area contributed by atoms with E-state index in [2.05, 4.69) is 15.3 Å². The lowest BCUT2D eigenvalue weighted by Gasteiger charge is -2.27. The van der Waals surface area contributed by atoms with Gasteiger partial charge in [0.1, 0.15) is 5.82 Å². The smallest absolute Gasteiger partial charge is 0.307 e. The zero-order valence-electron chi connectivity index (χ0n) is 18.4. The highest BCUT2D eigenvalue weighted by molar-refractivity contribution is 5.94. The minimum absolute atomic E-state index is 0.0517. The van der Waals surface area contributed by atoms with E-state index in [0.29, 0.717) is 42.1 Å². The van der Waals surface area contributed by atoms with Crippen LogP contribution in [0, 0.1) is 11.8 Å². The maximum atomic E-state index is 12.6. The van der Waals surface area contributed by atoms with E-state index in [4.69, 9.17) is 19.9 Å². The highest BCUT2D eigenvalue weighted by atomic mass is 16.5.